The van der Waals surface area contributed by atoms with E-state index in [9.17, 15) is 5.11 Å². The van der Waals surface area contributed by atoms with E-state index < -0.39 is 0 Å². The lowest BCUT2D eigenvalue weighted by Crippen LogP contribution is -1.81. The minimum atomic E-state index is 0.157. The number of phenols is 1. The monoisotopic (exact) mass is 297 g/mol. The molecule has 2 N–H and O–H groups in total. The first-order chi connectivity index (χ1) is 10.2. The standard InChI is InChI=1S/C16H12ClN3O/c17-12-8-5-11(6-9-12)7-10-15-18-16(20-19-15)13-3-1-2-4-14(13)21/h1-10,21H,(H,18,19,20)/b10-7+. The molecule has 4 nitrogen and oxygen atoms in total. The van der Waals surface area contributed by atoms with Gasteiger partial charge in [0.15, 0.2) is 5.82 Å². The van der Waals surface area contributed by atoms with Gasteiger partial charge in [0, 0.05) is 5.02 Å². The molecule has 1 aromatic heterocycles. The maximum absolute atomic E-state index is 9.78. The smallest absolute Gasteiger partial charge is 0.185 e. The van der Waals surface area contributed by atoms with Crippen LogP contribution in [0.3, 0.4) is 0 Å². The fraction of sp³-hybridized carbons (Fsp3) is 0. The zero-order chi connectivity index (χ0) is 14.7. The Bertz CT molecular complexity index is 778. The highest BCUT2D eigenvalue weighted by molar-refractivity contribution is 6.30. The molecule has 21 heavy (non-hydrogen) atoms. The van der Waals surface area contributed by atoms with E-state index >= 15 is 0 Å². The maximum Gasteiger partial charge on any atom is 0.185 e. The van der Waals surface area contributed by atoms with Gasteiger partial charge in [-0.15, -0.1) is 0 Å². The second-order valence-corrected chi connectivity index (χ2v) is 4.88. The number of aromatic nitrogens is 3. The largest absolute Gasteiger partial charge is 0.507 e. The molecule has 0 unspecified atom stereocenters. The summed E-state index contributed by atoms with van der Waals surface area (Å²) in [7, 11) is 0. The second-order valence-electron chi connectivity index (χ2n) is 4.45. The molecule has 2 aromatic carbocycles. The van der Waals surface area contributed by atoms with Crippen molar-refractivity contribution >= 4 is 23.8 Å². The predicted molar refractivity (Wildman–Crippen MR) is 83.9 cm³/mol. The zero-order valence-electron chi connectivity index (χ0n) is 11.0. The van der Waals surface area contributed by atoms with E-state index in [4.69, 9.17) is 11.6 Å². The van der Waals surface area contributed by atoms with E-state index in [0.29, 0.717) is 22.2 Å². The van der Waals surface area contributed by atoms with Crippen LogP contribution in [-0.4, -0.2) is 20.3 Å². The van der Waals surface area contributed by atoms with Crippen LogP contribution in [0.4, 0.5) is 0 Å². The summed E-state index contributed by atoms with van der Waals surface area (Å²) < 4.78 is 0. The number of hydrogen-bond donors (Lipinski definition) is 2. The van der Waals surface area contributed by atoms with Crippen molar-refractivity contribution in [1.82, 2.24) is 15.2 Å². The molecular formula is C16H12ClN3O. The molecule has 0 fully saturated rings. The highest BCUT2D eigenvalue weighted by Crippen LogP contribution is 2.25. The first kappa shape index (κ1) is 13.4. The Hall–Kier alpha value is -2.59. The number of nitrogens with one attached hydrogen (secondary N) is 1. The number of rotatable bonds is 3. The Morgan fingerprint density at radius 2 is 1.76 bits per heavy atom. The zero-order valence-corrected chi connectivity index (χ0v) is 11.7. The van der Waals surface area contributed by atoms with Gasteiger partial charge < -0.3 is 5.11 Å². The Morgan fingerprint density at radius 3 is 2.52 bits per heavy atom. The summed E-state index contributed by atoms with van der Waals surface area (Å²) in [5.41, 5.74) is 1.61. The molecule has 3 aromatic rings. The maximum atomic E-state index is 9.78. The number of nitrogens with zero attached hydrogens (tertiary/aromatic N) is 2. The first-order valence-electron chi connectivity index (χ1n) is 6.37. The van der Waals surface area contributed by atoms with E-state index in [-0.39, 0.29) is 5.75 Å². The Labute approximate surface area is 126 Å². The van der Waals surface area contributed by atoms with Crippen molar-refractivity contribution < 1.29 is 5.11 Å². The number of phenolic OH excluding ortho intramolecular Hbond substituents is 1. The van der Waals surface area contributed by atoms with Crippen molar-refractivity contribution in [2.45, 2.75) is 0 Å². The Balaban J connectivity index is 1.82. The summed E-state index contributed by atoms with van der Waals surface area (Å²) in [5.74, 6) is 1.23. The topological polar surface area (TPSA) is 61.8 Å². The van der Waals surface area contributed by atoms with Crippen LogP contribution in [0.25, 0.3) is 23.5 Å². The van der Waals surface area contributed by atoms with Crippen LogP contribution < -0.4 is 0 Å². The van der Waals surface area contributed by atoms with Crippen LogP contribution >= 0.6 is 11.6 Å². The average Bonchev–Trinajstić information content (AvgIpc) is 2.96. The normalized spacial score (nSPS) is 11.1. The number of hydrogen-bond acceptors (Lipinski definition) is 3. The van der Waals surface area contributed by atoms with E-state index in [2.05, 4.69) is 15.2 Å². The van der Waals surface area contributed by atoms with Crippen molar-refractivity contribution in [3.63, 3.8) is 0 Å². The van der Waals surface area contributed by atoms with Gasteiger partial charge in [0.05, 0.1) is 5.56 Å². The number of benzene rings is 2. The molecular weight excluding hydrogens is 286 g/mol. The van der Waals surface area contributed by atoms with Gasteiger partial charge in [0.25, 0.3) is 0 Å². The molecule has 0 radical (unpaired) electrons. The van der Waals surface area contributed by atoms with E-state index in [1.54, 1.807) is 18.2 Å². The summed E-state index contributed by atoms with van der Waals surface area (Å²) in [6.45, 7) is 0. The van der Waals surface area contributed by atoms with Crippen LogP contribution in [0.15, 0.2) is 48.5 Å². The van der Waals surface area contributed by atoms with Crippen LogP contribution in [0, 0.1) is 0 Å². The van der Waals surface area contributed by atoms with Crippen LogP contribution in [-0.2, 0) is 0 Å². The van der Waals surface area contributed by atoms with Crippen molar-refractivity contribution in [3.8, 4) is 17.1 Å². The minimum Gasteiger partial charge on any atom is -0.507 e. The summed E-state index contributed by atoms with van der Waals surface area (Å²) in [5, 5.41) is 17.4. The van der Waals surface area contributed by atoms with Crippen molar-refractivity contribution in [3.05, 3.63) is 64.9 Å². The van der Waals surface area contributed by atoms with Gasteiger partial charge >= 0.3 is 0 Å². The molecule has 1 heterocycles. The van der Waals surface area contributed by atoms with E-state index in [1.807, 2.05) is 42.5 Å². The number of halogens is 1. The van der Waals surface area contributed by atoms with E-state index in [1.165, 1.54) is 0 Å². The highest BCUT2D eigenvalue weighted by Gasteiger charge is 2.08. The van der Waals surface area contributed by atoms with Crippen LogP contribution in [0.1, 0.15) is 11.4 Å². The van der Waals surface area contributed by atoms with Crippen molar-refractivity contribution in [2.24, 2.45) is 0 Å². The minimum absolute atomic E-state index is 0.157. The summed E-state index contributed by atoms with van der Waals surface area (Å²) >= 11 is 5.84. The first-order valence-corrected chi connectivity index (χ1v) is 6.74. The molecule has 0 saturated heterocycles. The van der Waals surface area contributed by atoms with Crippen molar-refractivity contribution in [2.75, 3.05) is 0 Å². The predicted octanol–water partition coefficient (Wildman–Crippen LogP) is 4.00. The Kier molecular flexibility index (Phi) is 3.71. The van der Waals surface area contributed by atoms with Gasteiger partial charge in [0.2, 0.25) is 0 Å². The van der Waals surface area contributed by atoms with Crippen molar-refractivity contribution in [1.29, 1.82) is 0 Å². The van der Waals surface area contributed by atoms with Gasteiger partial charge in [-0.2, -0.15) is 5.10 Å². The number of H-pyrrole nitrogens is 1. The average molecular weight is 298 g/mol. The van der Waals surface area contributed by atoms with Crippen LogP contribution in [0.5, 0.6) is 5.75 Å². The summed E-state index contributed by atoms with van der Waals surface area (Å²) in [6.07, 6.45) is 3.73. The fourth-order valence-corrected chi connectivity index (χ4v) is 2.01. The third kappa shape index (κ3) is 3.12. The number of aromatic amines is 1. The lowest BCUT2D eigenvalue weighted by Gasteiger charge is -1.97. The third-order valence-electron chi connectivity index (χ3n) is 2.95. The molecule has 0 amide bonds. The van der Waals surface area contributed by atoms with Gasteiger partial charge in [-0.05, 0) is 35.9 Å². The lowest BCUT2D eigenvalue weighted by molar-refractivity contribution is 0.477. The van der Waals surface area contributed by atoms with Gasteiger partial charge in [-0.3, -0.25) is 5.10 Å². The molecule has 3 rings (SSSR count). The third-order valence-corrected chi connectivity index (χ3v) is 3.20. The molecule has 0 aliphatic heterocycles. The van der Waals surface area contributed by atoms with Gasteiger partial charge in [-0.25, -0.2) is 4.98 Å². The Morgan fingerprint density at radius 1 is 1.00 bits per heavy atom. The molecule has 0 aliphatic rings. The molecule has 0 spiro atoms. The molecule has 0 saturated carbocycles. The SMILES string of the molecule is Oc1ccccc1-c1n[nH]c(/C=C/c2ccc(Cl)cc2)n1. The number of aromatic hydroxyl groups is 1. The lowest BCUT2D eigenvalue weighted by atomic mass is 10.2. The quantitative estimate of drug-likeness (QED) is 0.768. The molecule has 5 heteroatoms. The number of para-hydroxylation sites is 1. The molecule has 104 valence electrons. The van der Waals surface area contributed by atoms with Crippen LogP contribution in [0.2, 0.25) is 5.02 Å². The molecule has 0 atom stereocenters. The highest BCUT2D eigenvalue weighted by atomic mass is 35.5. The summed E-state index contributed by atoms with van der Waals surface area (Å²) in [4.78, 5) is 4.33. The second kappa shape index (κ2) is 5.81. The van der Waals surface area contributed by atoms with Gasteiger partial charge in [-0.1, -0.05) is 41.9 Å². The van der Waals surface area contributed by atoms with Gasteiger partial charge in [0.1, 0.15) is 11.6 Å². The fourth-order valence-electron chi connectivity index (χ4n) is 1.88. The summed E-state index contributed by atoms with van der Waals surface area (Å²) in [6, 6.07) is 14.4. The molecule has 0 aliphatic carbocycles. The van der Waals surface area contributed by atoms with E-state index in [0.717, 1.165) is 5.56 Å². The molecule has 0 bridgehead atoms.